The SMILES string of the molecule is Cc1cccc2c1C(=O)C1=C(C2=O)C(O)CC(C)(C)S1. The zero-order chi connectivity index (χ0) is 14.7. The standard InChI is InChI=1S/C16H16O3S/c1-8-5-4-6-9-11(8)14(19)15-12(13(9)18)10(17)7-16(2,3)20-15/h4-6,10,17H,7H2,1-3H3. The van der Waals surface area contributed by atoms with Crippen molar-refractivity contribution in [2.75, 3.05) is 0 Å². The van der Waals surface area contributed by atoms with Gasteiger partial charge in [0.05, 0.1) is 11.0 Å². The van der Waals surface area contributed by atoms with Crippen LogP contribution >= 0.6 is 11.8 Å². The van der Waals surface area contributed by atoms with Crippen LogP contribution in [0.25, 0.3) is 0 Å². The van der Waals surface area contributed by atoms with Gasteiger partial charge >= 0.3 is 0 Å². The summed E-state index contributed by atoms with van der Waals surface area (Å²) in [6, 6.07) is 5.28. The van der Waals surface area contributed by atoms with Gasteiger partial charge in [0, 0.05) is 21.4 Å². The smallest absolute Gasteiger partial charge is 0.200 e. The number of carbonyl (C=O) groups is 2. The lowest BCUT2D eigenvalue weighted by atomic mass is 9.82. The predicted octanol–water partition coefficient (Wildman–Crippen LogP) is 2.90. The Morgan fingerprint density at radius 3 is 2.65 bits per heavy atom. The largest absolute Gasteiger partial charge is 0.388 e. The number of Topliss-reactive ketones (excluding diaryl/α,β-unsaturated/α-hetero) is 2. The Bertz CT molecular complexity index is 670. The molecule has 104 valence electrons. The van der Waals surface area contributed by atoms with Gasteiger partial charge in [-0.15, -0.1) is 11.8 Å². The third-order valence-electron chi connectivity index (χ3n) is 3.84. The van der Waals surface area contributed by atoms with E-state index in [2.05, 4.69) is 0 Å². The molecule has 1 N–H and O–H groups in total. The van der Waals surface area contributed by atoms with Crippen molar-refractivity contribution in [1.29, 1.82) is 0 Å². The molecule has 0 spiro atoms. The van der Waals surface area contributed by atoms with Crippen LogP contribution in [0.3, 0.4) is 0 Å². The number of thioether (sulfide) groups is 1. The molecule has 4 heteroatoms. The van der Waals surface area contributed by atoms with Gasteiger partial charge in [0.25, 0.3) is 0 Å². The number of aryl methyl sites for hydroxylation is 1. The Morgan fingerprint density at radius 1 is 1.25 bits per heavy atom. The molecule has 1 atom stereocenters. The predicted molar refractivity (Wildman–Crippen MR) is 79.2 cm³/mol. The maximum absolute atomic E-state index is 12.7. The molecular formula is C16H16O3S. The highest BCUT2D eigenvalue weighted by molar-refractivity contribution is 8.05. The Morgan fingerprint density at radius 2 is 1.95 bits per heavy atom. The van der Waals surface area contributed by atoms with E-state index >= 15 is 0 Å². The normalized spacial score (nSPS) is 24.5. The summed E-state index contributed by atoms with van der Waals surface area (Å²) in [5, 5.41) is 10.3. The lowest BCUT2D eigenvalue weighted by Crippen LogP contribution is -2.37. The number of allylic oxidation sites excluding steroid dienone is 1. The minimum Gasteiger partial charge on any atom is -0.388 e. The molecule has 0 fully saturated rings. The van der Waals surface area contributed by atoms with Crippen molar-refractivity contribution >= 4 is 23.3 Å². The Labute approximate surface area is 122 Å². The fourth-order valence-corrected chi connectivity index (χ4v) is 4.26. The van der Waals surface area contributed by atoms with Crippen LogP contribution in [-0.2, 0) is 0 Å². The first kappa shape index (κ1) is 13.6. The number of aliphatic hydroxyl groups is 1. The molecule has 1 unspecified atom stereocenters. The third kappa shape index (κ3) is 1.86. The second-order valence-corrected chi connectivity index (χ2v) is 7.70. The van der Waals surface area contributed by atoms with Crippen LogP contribution in [0.15, 0.2) is 28.7 Å². The molecule has 1 heterocycles. The summed E-state index contributed by atoms with van der Waals surface area (Å²) < 4.78 is -0.242. The molecule has 1 aliphatic carbocycles. The highest BCUT2D eigenvalue weighted by atomic mass is 32.2. The van der Waals surface area contributed by atoms with E-state index in [0.717, 1.165) is 5.56 Å². The van der Waals surface area contributed by atoms with E-state index in [4.69, 9.17) is 0 Å². The highest BCUT2D eigenvalue weighted by Gasteiger charge is 2.43. The van der Waals surface area contributed by atoms with E-state index in [1.165, 1.54) is 11.8 Å². The molecule has 1 aliphatic heterocycles. The number of carbonyl (C=O) groups excluding carboxylic acids is 2. The van der Waals surface area contributed by atoms with Crippen molar-refractivity contribution in [3.63, 3.8) is 0 Å². The van der Waals surface area contributed by atoms with E-state index in [0.29, 0.717) is 22.5 Å². The monoisotopic (exact) mass is 288 g/mol. The van der Waals surface area contributed by atoms with Gasteiger partial charge in [-0.3, -0.25) is 9.59 Å². The Hall–Kier alpha value is -1.39. The molecule has 1 aromatic rings. The summed E-state index contributed by atoms with van der Waals surface area (Å²) in [5.74, 6) is -0.321. The summed E-state index contributed by atoms with van der Waals surface area (Å²) in [5.41, 5.74) is 2.02. The molecule has 20 heavy (non-hydrogen) atoms. The van der Waals surface area contributed by atoms with Crippen molar-refractivity contribution in [2.24, 2.45) is 0 Å². The van der Waals surface area contributed by atoms with E-state index < -0.39 is 6.10 Å². The number of aliphatic hydroxyl groups excluding tert-OH is 1. The van der Waals surface area contributed by atoms with Gasteiger partial charge in [-0.25, -0.2) is 0 Å². The average molecular weight is 288 g/mol. The topological polar surface area (TPSA) is 54.4 Å². The summed E-state index contributed by atoms with van der Waals surface area (Å²) in [6.45, 7) is 5.80. The van der Waals surface area contributed by atoms with Crippen LogP contribution in [0.4, 0.5) is 0 Å². The van der Waals surface area contributed by atoms with E-state index in [9.17, 15) is 14.7 Å². The van der Waals surface area contributed by atoms with Gasteiger partial charge in [-0.2, -0.15) is 0 Å². The molecule has 1 aromatic carbocycles. The molecule has 3 nitrogen and oxygen atoms in total. The minimum atomic E-state index is -0.855. The van der Waals surface area contributed by atoms with Crippen molar-refractivity contribution in [1.82, 2.24) is 0 Å². The zero-order valence-corrected chi connectivity index (χ0v) is 12.5. The van der Waals surface area contributed by atoms with Crippen LogP contribution in [-0.4, -0.2) is 27.5 Å². The van der Waals surface area contributed by atoms with Crippen molar-refractivity contribution in [3.05, 3.63) is 45.4 Å². The van der Waals surface area contributed by atoms with Crippen LogP contribution in [0, 0.1) is 6.92 Å². The summed E-state index contributed by atoms with van der Waals surface area (Å²) >= 11 is 1.41. The average Bonchev–Trinajstić information content (AvgIpc) is 2.33. The van der Waals surface area contributed by atoms with Gasteiger partial charge in [0.1, 0.15) is 0 Å². The maximum atomic E-state index is 12.7. The number of rotatable bonds is 0. The van der Waals surface area contributed by atoms with Crippen LogP contribution in [0.1, 0.15) is 46.5 Å². The van der Waals surface area contributed by atoms with Gasteiger partial charge in [0.2, 0.25) is 5.78 Å². The van der Waals surface area contributed by atoms with Crippen molar-refractivity contribution in [2.45, 2.75) is 38.0 Å². The van der Waals surface area contributed by atoms with E-state index in [1.54, 1.807) is 12.1 Å². The fourth-order valence-electron chi connectivity index (χ4n) is 2.93. The lowest BCUT2D eigenvalue weighted by molar-refractivity contribution is 0.0930. The van der Waals surface area contributed by atoms with Gasteiger partial charge in [0.15, 0.2) is 5.78 Å². The first-order valence-corrected chi connectivity index (χ1v) is 7.44. The van der Waals surface area contributed by atoms with Gasteiger partial charge in [-0.05, 0) is 18.9 Å². The lowest BCUT2D eigenvalue weighted by Gasteiger charge is -2.37. The number of benzene rings is 1. The number of hydrogen-bond donors (Lipinski definition) is 1. The number of ketones is 2. The molecule has 0 amide bonds. The number of fused-ring (bicyclic) bond motifs is 1. The van der Waals surface area contributed by atoms with Crippen LogP contribution in [0.2, 0.25) is 0 Å². The first-order valence-electron chi connectivity index (χ1n) is 6.62. The quantitative estimate of drug-likeness (QED) is 0.797. The molecule has 0 saturated heterocycles. The van der Waals surface area contributed by atoms with Crippen LogP contribution in [0.5, 0.6) is 0 Å². The molecule has 2 aliphatic rings. The fraction of sp³-hybridized carbons (Fsp3) is 0.375. The molecule has 3 rings (SSSR count). The highest BCUT2D eigenvalue weighted by Crippen LogP contribution is 2.47. The number of hydrogen-bond acceptors (Lipinski definition) is 4. The molecule has 0 bridgehead atoms. The van der Waals surface area contributed by atoms with Crippen molar-refractivity contribution < 1.29 is 14.7 Å². The third-order valence-corrected chi connectivity index (χ3v) is 5.17. The summed E-state index contributed by atoms with van der Waals surface area (Å²) in [6.07, 6.45) is -0.372. The molecule has 0 saturated carbocycles. The Balaban J connectivity index is 2.24. The summed E-state index contributed by atoms with van der Waals surface area (Å²) in [7, 11) is 0. The second kappa shape index (κ2) is 4.30. The second-order valence-electron chi connectivity index (χ2n) is 5.98. The van der Waals surface area contributed by atoms with Crippen molar-refractivity contribution in [3.8, 4) is 0 Å². The molecule has 0 aromatic heterocycles. The van der Waals surface area contributed by atoms with E-state index in [-0.39, 0.29) is 21.9 Å². The maximum Gasteiger partial charge on any atom is 0.200 e. The van der Waals surface area contributed by atoms with Crippen LogP contribution < -0.4 is 0 Å². The Kier molecular flexibility index (Phi) is 2.92. The molecule has 0 radical (unpaired) electrons. The van der Waals surface area contributed by atoms with E-state index in [1.807, 2.05) is 26.8 Å². The summed E-state index contributed by atoms with van der Waals surface area (Å²) in [4.78, 5) is 25.7. The molecular weight excluding hydrogens is 272 g/mol. The first-order chi connectivity index (χ1) is 9.32. The van der Waals surface area contributed by atoms with Gasteiger partial charge < -0.3 is 5.11 Å². The van der Waals surface area contributed by atoms with Gasteiger partial charge in [-0.1, -0.05) is 32.0 Å². The zero-order valence-electron chi connectivity index (χ0n) is 11.7. The minimum absolute atomic E-state index is 0.121.